The van der Waals surface area contributed by atoms with Gasteiger partial charge in [0, 0.05) is 38.3 Å². The maximum atomic E-state index is 12.9. The fourth-order valence-electron chi connectivity index (χ4n) is 5.76. The third-order valence-electron chi connectivity index (χ3n) is 7.79. The van der Waals surface area contributed by atoms with E-state index in [0.29, 0.717) is 0 Å². The Hall–Kier alpha value is -2.88. The highest BCUT2D eigenvalue weighted by molar-refractivity contribution is 5.96. The van der Waals surface area contributed by atoms with Gasteiger partial charge in [0.1, 0.15) is 0 Å². The summed E-state index contributed by atoms with van der Waals surface area (Å²) < 4.78 is 33.8. The molecule has 2 aromatic rings. The van der Waals surface area contributed by atoms with Gasteiger partial charge in [-0.15, -0.1) is 0 Å². The summed E-state index contributed by atoms with van der Waals surface area (Å²) in [5.41, 5.74) is 6.04. The second kappa shape index (κ2) is 10.5. The van der Waals surface area contributed by atoms with Crippen LogP contribution in [0.5, 0.6) is 0 Å². The van der Waals surface area contributed by atoms with Gasteiger partial charge in [-0.2, -0.15) is 18.3 Å². The Bertz CT molecular complexity index is 1130. The Morgan fingerprint density at radius 3 is 2.24 bits per heavy atom. The van der Waals surface area contributed by atoms with Crippen LogP contribution in [0, 0.1) is 19.8 Å². The first-order valence-electron chi connectivity index (χ1n) is 12.8. The number of carbonyl (C=O) groups is 2. The van der Waals surface area contributed by atoms with Gasteiger partial charge in [-0.3, -0.25) is 14.4 Å². The van der Waals surface area contributed by atoms with Crippen LogP contribution in [0.1, 0.15) is 64.8 Å². The van der Waals surface area contributed by atoms with Crippen LogP contribution in [0.2, 0.25) is 0 Å². The number of likely N-dealkylation sites (tertiary alicyclic amines) is 1. The summed E-state index contributed by atoms with van der Waals surface area (Å²) in [7, 11) is 1.96. The van der Waals surface area contributed by atoms with Crippen molar-refractivity contribution in [3.05, 3.63) is 52.3 Å². The third kappa shape index (κ3) is 6.17. The number of halogens is 3. The molecule has 1 saturated heterocycles. The lowest BCUT2D eigenvalue weighted by Gasteiger charge is -2.45. The van der Waals surface area contributed by atoms with Gasteiger partial charge in [0.25, 0.3) is 5.91 Å². The van der Waals surface area contributed by atoms with Crippen LogP contribution in [0.25, 0.3) is 0 Å². The number of aliphatic carboxylic acids is 1. The van der Waals surface area contributed by atoms with E-state index in [1.54, 1.807) is 0 Å². The fraction of sp³-hybridized carbons (Fsp3) is 0.593. The monoisotopic (exact) mass is 520 g/mol. The number of fused-ring (bicyclic) bond motifs is 2. The van der Waals surface area contributed by atoms with Gasteiger partial charge in [0.2, 0.25) is 0 Å². The highest BCUT2D eigenvalue weighted by atomic mass is 19.4. The topological polar surface area (TPSA) is 78.7 Å². The van der Waals surface area contributed by atoms with Crippen molar-refractivity contribution < 1.29 is 27.9 Å². The molecule has 1 N–H and O–H groups in total. The lowest BCUT2D eigenvalue weighted by Crippen LogP contribution is -2.53. The molecule has 1 aromatic heterocycles. The van der Waals surface area contributed by atoms with E-state index in [0.717, 1.165) is 62.7 Å². The molecule has 1 amide bonds. The summed E-state index contributed by atoms with van der Waals surface area (Å²) in [4.78, 5) is 26.3. The molecule has 2 fully saturated rings. The molecule has 1 aliphatic carbocycles. The standard InChI is InChI=1S/C25H34N4O.C2HF3O2/c1-18-11-19(2)13-21(12-18)14-28-9-7-25(8-10-28)17-27(3)24(30)22-16-29(26-23(22)25)15-20-5-4-6-20;3-2(4,5)1(6)7/h11-13,16,20H,4-10,14-15,17H2,1-3H3;(H,6,7). The van der Waals surface area contributed by atoms with Gasteiger partial charge in [0.15, 0.2) is 0 Å². The number of amides is 1. The van der Waals surface area contributed by atoms with Crippen LogP contribution >= 0.6 is 0 Å². The lowest BCUT2D eigenvalue weighted by molar-refractivity contribution is -0.192. The number of likely N-dealkylation sites (N-methyl/N-ethyl adjacent to an activating group) is 1. The molecule has 0 radical (unpaired) electrons. The number of carboxylic acid groups (broad SMARTS) is 1. The lowest BCUT2D eigenvalue weighted by atomic mass is 9.72. The molecule has 5 rings (SSSR count). The first-order chi connectivity index (χ1) is 17.4. The minimum Gasteiger partial charge on any atom is -0.475 e. The number of hydrogen-bond donors (Lipinski definition) is 1. The van der Waals surface area contributed by atoms with Crippen molar-refractivity contribution in [2.45, 2.75) is 70.6 Å². The zero-order chi connectivity index (χ0) is 27.0. The molecule has 10 heteroatoms. The van der Waals surface area contributed by atoms with Crippen LogP contribution < -0.4 is 0 Å². The summed E-state index contributed by atoms with van der Waals surface area (Å²) in [5, 5.41) is 12.1. The Morgan fingerprint density at radius 1 is 1.14 bits per heavy atom. The van der Waals surface area contributed by atoms with Crippen LogP contribution in [0.4, 0.5) is 13.2 Å². The fourth-order valence-corrected chi connectivity index (χ4v) is 5.76. The van der Waals surface area contributed by atoms with Gasteiger partial charge < -0.3 is 10.0 Å². The van der Waals surface area contributed by atoms with Gasteiger partial charge in [-0.05, 0) is 64.1 Å². The van der Waals surface area contributed by atoms with Crippen molar-refractivity contribution in [2.75, 3.05) is 26.7 Å². The van der Waals surface area contributed by atoms with Crippen molar-refractivity contribution in [2.24, 2.45) is 5.92 Å². The minimum absolute atomic E-state index is 0.0158. The summed E-state index contributed by atoms with van der Waals surface area (Å²) in [6.45, 7) is 9.26. The number of piperidine rings is 1. The van der Waals surface area contributed by atoms with Crippen LogP contribution in [-0.2, 0) is 23.3 Å². The average Bonchev–Trinajstić information content (AvgIpc) is 3.21. The highest BCUT2D eigenvalue weighted by Crippen LogP contribution is 2.41. The molecule has 3 aliphatic rings. The molecule has 7 nitrogen and oxygen atoms in total. The van der Waals surface area contributed by atoms with Crippen molar-refractivity contribution in [3.8, 4) is 0 Å². The number of nitrogens with zero attached hydrogens (tertiary/aromatic N) is 4. The largest absolute Gasteiger partial charge is 0.490 e. The maximum Gasteiger partial charge on any atom is 0.490 e. The SMILES string of the molecule is Cc1cc(C)cc(CN2CCC3(CC2)CN(C)C(=O)c2cn(CC4CCC4)nc23)c1.O=C(O)C(F)(F)F. The van der Waals surface area contributed by atoms with Crippen LogP contribution in [0.3, 0.4) is 0 Å². The number of hydrogen-bond acceptors (Lipinski definition) is 4. The van der Waals surface area contributed by atoms with Crippen molar-refractivity contribution in [1.82, 2.24) is 19.6 Å². The van der Waals surface area contributed by atoms with Crippen molar-refractivity contribution in [3.63, 3.8) is 0 Å². The summed E-state index contributed by atoms with van der Waals surface area (Å²) in [6.07, 6.45) is 3.04. The highest BCUT2D eigenvalue weighted by Gasteiger charge is 2.46. The first kappa shape index (κ1) is 27.2. The molecule has 202 valence electrons. The van der Waals surface area contributed by atoms with E-state index in [1.165, 1.54) is 36.0 Å². The van der Waals surface area contributed by atoms with E-state index in [1.807, 2.05) is 18.1 Å². The van der Waals surface area contributed by atoms with E-state index in [4.69, 9.17) is 15.0 Å². The van der Waals surface area contributed by atoms with Crippen molar-refractivity contribution >= 4 is 11.9 Å². The number of benzene rings is 1. The number of aryl methyl sites for hydroxylation is 2. The predicted molar refractivity (Wildman–Crippen MR) is 132 cm³/mol. The summed E-state index contributed by atoms with van der Waals surface area (Å²) in [6, 6.07) is 6.86. The Kier molecular flexibility index (Phi) is 7.69. The van der Waals surface area contributed by atoms with E-state index in [2.05, 4.69) is 41.6 Å². The first-order valence-corrected chi connectivity index (χ1v) is 12.8. The number of alkyl halides is 3. The third-order valence-corrected chi connectivity index (χ3v) is 7.79. The second-order valence-corrected chi connectivity index (χ2v) is 10.9. The molecule has 3 heterocycles. The van der Waals surface area contributed by atoms with E-state index in [-0.39, 0.29) is 11.3 Å². The van der Waals surface area contributed by atoms with Crippen LogP contribution in [-0.4, -0.2) is 69.4 Å². The Labute approximate surface area is 215 Å². The van der Waals surface area contributed by atoms with E-state index < -0.39 is 12.1 Å². The van der Waals surface area contributed by atoms with Gasteiger partial charge >= 0.3 is 12.1 Å². The number of aromatic nitrogens is 2. The summed E-state index contributed by atoms with van der Waals surface area (Å²) in [5.74, 6) is -1.87. The molecule has 2 aliphatic heterocycles. The summed E-state index contributed by atoms with van der Waals surface area (Å²) >= 11 is 0. The van der Waals surface area contributed by atoms with Crippen molar-refractivity contribution in [1.29, 1.82) is 0 Å². The number of carbonyl (C=O) groups excluding carboxylic acids is 1. The molecule has 0 atom stereocenters. The molecular weight excluding hydrogens is 485 g/mol. The molecule has 1 spiro atoms. The van der Waals surface area contributed by atoms with Gasteiger partial charge in [0.05, 0.1) is 11.3 Å². The van der Waals surface area contributed by atoms with E-state index >= 15 is 0 Å². The quantitative estimate of drug-likeness (QED) is 0.640. The average molecular weight is 521 g/mol. The maximum absolute atomic E-state index is 12.9. The predicted octanol–water partition coefficient (Wildman–Crippen LogP) is 4.55. The van der Waals surface area contributed by atoms with E-state index in [9.17, 15) is 18.0 Å². The molecular formula is C27H35F3N4O3. The molecule has 37 heavy (non-hydrogen) atoms. The number of carboxylic acids is 1. The van der Waals surface area contributed by atoms with Crippen LogP contribution in [0.15, 0.2) is 24.4 Å². The zero-order valence-corrected chi connectivity index (χ0v) is 21.6. The molecule has 1 aromatic carbocycles. The number of rotatable bonds is 4. The molecule has 0 bridgehead atoms. The molecule has 1 saturated carbocycles. The zero-order valence-electron chi connectivity index (χ0n) is 21.6. The second-order valence-electron chi connectivity index (χ2n) is 10.9. The Morgan fingerprint density at radius 2 is 1.73 bits per heavy atom. The normalized spacial score (nSPS) is 19.7. The smallest absolute Gasteiger partial charge is 0.475 e. The van der Waals surface area contributed by atoms with Gasteiger partial charge in [-0.1, -0.05) is 35.7 Å². The van der Waals surface area contributed by atoms with Gasteiger partial charge in [-0.25, -0.2) is 4.79 Å². The minimum atomic E-state index is -5.08. The Balaban J connectivity index is 0.000000405. The molecule has 0 unspecified atom stereocenters.